The molecule has 0 spiro atoms. The molecule has 1 atom stereocenters. The zero-order valence-electron chi connectivity index (χ0n) is 10.7. The van der Waals surface area contributed by atoms with E-state index in [0.717, 1.165) is 25.9 Å². The van der Waals surface area contributed by atoms with Gasteiger partial charge in [0, 0.05) is 19.6 Å². The van der Waals surface area contributed by atoms with Crippen molar-refractivity contribution in [3.63, 3.8) is 0 Å². The standard InChI is InChI=1S/C13H24N2O/c1-10(2)8-12(9-14)13(16)15-6-4-11(3)5-7-15/h4,10,12H,5-9,14H2,1-3H3. The van der Waals surface area contributed by atoms with Crippen LogP contribution in [0.15, 0.2) is 11.6 Å². The minimum Gasteiger partial charge on any atom is -0.338 e. The molecule has 0 aliphatic carbocycles. The lowest BCUT2D eigenvalue weighted by Crippen LogP contribution is -2.41. The van der Waals surface area contributed by atoms with Crippen LogP contribution in [0, 0.1) is 11.8 Å². The lowest BCUT2D eigenvalue weighted by Gasteiger charge is -2.29. The van der Waals surface area contributed by atoms with Gasteiger partial charge in [0.1, 0.15) is 0 Å². The van der Waals surface area contributed by atoms with Gasteiger partial charge in [-0.25, -0.2) is 0 Å². The largest absolute Gasteiger partial charge is 0.338 e. The zero-order valence-corrected chi connectivity index (χ0v) is 10.7. The summed E-state index contributed by atoms with van der Waals surface area (Å²) >= 11 is 0. The van der Waals surface area contributed by atoms with Crippen LogP contribution in [0.25, 0.3) is 0 Å². The Morgan fingerprint density at radius 1 is 1.56 bits per heavy atom. The van der Waals surface area contributed by atoms with Gasteiger partial charge in [-0.15, -0.1) is 0 Å². The van der Waals surface area contributed by atoms with Gasteiger partial charge < -0.3 is 10.6 Å². The summed E-state index contributed by atoms with van der Waals surface area (Å²) in [6.45, 7) is 8.48. The summed E-state index contributed by atoms with van der Waals surface area (Å²) in [5.74, 6) is 0.770. The van der Waals surface area contributed by atoms with Crippen LogP contribution in [0.2, 0.25) is 0 Å². The molecule has 0 saturated carbocycles. The van der Waals surface area contributed by atoms with Crippen molar-refractivity contribution in [1.82, 2.24) is 4.90 Å². The second-order valence-corrected chi connectivity index (χ2v) is 5.15. The highest BCUT2D eigenvalue weighted by molar-refractivity contribution is 5.79. The SMILES string of the molecule is CC1=CCN(C(=O)C(CN)CC(C)C)CC1. The summed E-state index contributed by atoms with van der Waals surface area (Å²) in [6, 6.07) is 0. The van der Waals surface area contributed by atoms with Crippen molar-refractivity contribution in [2.75, 3.05) is 19.6 Å². The summed E-state index contributed by atoms with van der Waals surface area (Å²) in [7, 11) is 0. The van der Waals surface area contributed by atoms with Crippen molar-refractivity contribution in [3.8, 4) is 0 Å². The molecule has 3 heteroatoms. The fraction of sp³-hybridized carbons (Fsp3) is 0.769. The van der Waals surface area contributed by atoms with Crippen LogP contribution < -0.4 is 5.73 Å². The van der Waals surface area contributed by atoms with Crippen molar-refractivity contribution in [2.45, 2.75) is 33.6 Å². The smallest absolute Gasteiger partial charge is 0.227 e. The Balaban J connectivity index is 2.55. The number of nitrogens with zero attached hydrogens (tertiary/aromatic N) is 1. The van der Waals surface area contributed by atoms with Crippen molar-refractivity contribution in [3.05, 3.63) is 11.6 Å². The summed E-state index contributed by atoms with van der Waals surface area (Å²) in [5, 5.41) is 0. The fourth-order valence-corrected chi connectivity index (χ4v) is 2.10. The van der Waals surface area contributed by atoms with Crippen LogP contribution in [0.1, 0.15) is 33.6 Å². The predicted octanol–water partition coefficient (Wildman–Crippen LogP) is 1.79. The molecule has 16 heavy (non-hydrogen) atoms. The average Bonchev–Trinajstić information content (AvgIpc) is 2.25. The van der Waals surface area contributed by atoms with Crippen LogP contribution >= 0.6 is 0 Å². The Labute approximate surface area is 98.7 Å². The molecule has 1 aliphatic rings. The fourth-order valence-electron chi connectivity index (χ4n) is 2.10. The molecule has 0 fully saturated rings. The van der Waals surface area contributed by atoms with Crippen LogP contribution in [0.5, 0.6) is 0 Å². The molecule has 0 aromatic heterocycles. The summed E-state index contributed by atoms with van der Waals surface area (Å²) in [4.78, 5) is 14.1. The third-order valence-electron chi connectivity index (χ3n) is 3.14. The number of hydrogen-bond acceptors (Lipinski definition) is 2. The molecule has 1 aliphatic heterocycles. The number of hydrogen-bond donors (Lipinski definition) is 1. The van der Waals surface area contributed by atoms with Crippen molar-refractivity contribution in [1.29, 1.82) is 0 Å². The van der Waals surface area contributed by atoms with E-state index < -0.39 is 0 Å². The average molecular weight is 224 g/mol. The highest BCUT2D eigenvalue weighted by atomic mass is 16.2. The first-order chi connectivity index (χ1) is 7.54. The normalized spacial score (nSPS) is 18.6. The number of nitrogens with two attached hydrogens (primary N) is 1. The van der Waals surface area contributed by atoms with E-state index in [9.17, 15) is 4.79 Å². The minimum absolute atomic E-state index is 0.00630. The molecule has 1 unspecified atom stereocenters. The van der Waals surface area contributed by atoms with Gasteiger partial charge in [-0.1, -0.05) is 25.5 Å². The van der Waals surface area contributed by atoms with Crippen molar-refractivity contribution >= 4 is 5.91 Å². The molecule has 92 valence electrons. The third kappa shape index (κ3) is 3.63. The van der Waals surface area contributed by atoms with Gasteiger partial charge in [0.2, 0.25) is 5.91 Å². The van der Waals surface area contributed by atoms with Crippen molar-refractivity contribution < 1.29 is 4.79 Å². The van der Waals surface area contributed by atoms with Gasteiger partial charge in [0.25, 0.3) is 0 Å². The Hall–Kier alpha value is -0.830. The second-order valence-electron chi connectivity index (χ2n) is 5.15. The molecule has 0 radical (unpaired) electrons. The Bertz CT molecular complexity index is 271. The molecular weight excluding hydrogens is 200 g/mol. The number of rotatable bonds is 4. The van der Waals surface area contributed by atoms with Gasteiger partial charge in [-0.05, 0) is 25.7 Å². The van der Waals surface area contributed by atoms with E-state index in [-0.39, 0.29) is 11.8 Å². The predicted molar refractivity (Wildman–Crippen MR) is 67.0 cm³/mol. The van der Waals surface area contributed by atoms with Crippen LogP contribution in [0.4, 0.5) is 0 Å². The van der Waals surface area contributed by atoms with E-state index in [1.807, 2.05) is 4.90 Å². The van der Waals surface area contributed by atoms with E-state index in [4.69, 9.17) is 5.73 Å². The molecule has 0 aromatic carbocycles. The van der Waals surface area contributed by atoms with E-state index in [0.29, 0.717) is 12.5 Å². The molecule has 0 saturated heterocycles. The first kappa shape index (κ1) is 13.2. The first-order valence-electron chi connectivity index (χ1n) is 6.19. The Morgan fingerprint density at radius 3 is 2.69 bits per heavy atom. The van der Waals surface area contributed by atoms with Gasteiger partial charge in [0.15, 0.2) is 0 Å². The highest BCUT2D eigenvalue weighted by Crippen LogP contribution is 2.17. The number of amides is 1. The van der Waals surface area contributed by atoms with E-state index in [2.05, 4.69) is 26.8 Å². The zero-order chi connectivity index (χ0) is 12.1. The molecule has 0 aromatic rings. The first-order valence-corrected chi connectivity index (χ1v) is 6.19. The van der Waals surface area contributed by atoms with Gasteiger partial charge >= 0.3 is 0 Å². The summed E-state index contributed by atoms with van der Waals surface area (Å²) in [5.41, 5.74) is 7.08. The van der Waals surface area contributed by atoms with Crippen LogP contribution in [-0.2, 0) is 4.79 Å². The topological polar surface area (TPSA) is 46.3 Å². The molecule has 0 bridgehead atoms. The molecule has 2 N–H and O–H groups in total. The number of carbonyl (C=O) groups excluding carboxylic acids is 1. The van der Waals surface area contributed by atoms with Gasteiger partial charge in [0.05, 0.1) is 5.92 Å². The Kier molecular flexibility index (Phi) is 5.00. The maximum atomic E-state index is 12.2. The van der Waals surface area contributed by atoms with E-state index in [1.165, 1.54) is 5.57 Å². The Morgan fingerprint density at radius 2 is 2.25 bits per heavy atom. The third-order valence-corrected chi connectivity index (χ3v) is 3.14. The maximum Gasteiger partial charge on any atom is 0.227 e. The second kappa shape index (κ2) is 6.04. The minimum atomic E-state index is 0.00630. The molecule has 1 rings (SSSR count). The summed E-state index contributed by atoms with van der Waals surface area (Å²) < 4.78 is 0. The maximum absolute atomic E-state index is 12.2. The molecular formula is C13H24N2O. The molecule has 1 heterocycles. The van der Waals surface area contributed by atoms with Gasteiger partial charge in [-0.2, -0.15) is 0 Å². The van der Waals surface area contributed by atoms with Gasteiger partial charge in [-0.3, -0.25) is 4.79 Å². The van der Waals surface area contributed by atoms with Crippen molar-refractivity contribution in [2.24, 2.45) is 17.6 Å². The summed E-state index contributed by atoms with van der Waals surface area (Å²) in [6.07, 6.45) is 4.05. The van der Waals surface area contributed by atoms with E-state index in [1.54, 1.807) is 0 Å². The van der Waals surface area contributed by atoms with Crippen LogP contribution in [-0.4, -0.2) is 30.4 Å². The van der Waals surface area contributed by atoms with E-state index >= 15 is 0 Å². The monoisotopic (exact) mass is 224 g/mol. The quantitative estimate of drug-likeness (QED) is 0.740. The molecule has 3 nitrogen and oxygen atoms in total. The van der Waals surface area contributed by atoms with Crippen LogP contribution in [0.3, 0.4) is 0 Å². The lowest BCUT2D eigenvalue weighted by molar-refractivity contribution is -0.135. The lowest BCUT2D eigenvalue weighted by atomic mass is 9.95. The highest BCUT2D eigenvalue weighted by Gasteiger charge is 2.24. The molecule has 1 amide bonds. The number of carbonyl (C=O) groups is 1.